The normalized spacial score (nSPS) is 60.3. The van der Waals surface area contributed by atoms with Gasteiger partial charge in [-0.2, -0.15) is 0 Å². The molecule has 0 N–H and O–H groups in total. The van der Waals surface area contributed by atoms with Gasteiger partial charge in [-0.25, -0.2) is 0 Å². The second kappa shape index (κ2) is 2.16. The summed E-state index contributed by atoms with van der Waals surface area (Å²) in [4.78, 5) is 0. The zero-order chi connectivity index (χ0) is 7.42. The third kappa shape index (κ3) is 0.771. The van der Waals surface area contributed by atoms with E-state index in [2.05, 4.69) is 0 Å². The summed E-state index contributed by atoms with van der Waals surface area (Å²) in [5, 5.41) is 0.555. The molecule has 0 spiro atoms. The molecule has 0 heterocycles. The summed E-state index contributed by atoms with van der Waals surface area (Å²) in [6.45, 7) is 0. The van der Waals surface area contributed by atoms with E-state index in [9.17, 15) is 0 Å². The number of fused-ring (bicyclic) bond motifs is 5. The largest absolute Gasteiger partial charge is 0.123 e. The molecule has 3 aliphatic carbocycles. The molecular weight excluding hydrogens is 156 g/mol. The van der Waals surface area contributed by atoms with Crippen LogP contribution in [-0.2, 0) is 0 Å². The molecule has 0 amide bonds. The predicted octanol–water partition coefficient (Wildman–Crippen LogP) is 3.05. The van der Waals surface area contributed by atoms with Crippen molar-refractivity contribution in [2.24, 2.45) is 23.7 Å². The van der Waals surface area contributed by atoms with E-state index in [4.69, 9.17) is 11.6 Å². The minimum absolute atomic E-state index is 0.555. The van der Waals surface area contributed by atoms with Gasteiger partial charge in [-0.05, 0) is 49.4 Å². The monoisotopic (exact) mass is 170 g/mol. The van der Waals surface area contributed by atoms with Gasteiger partial charge in [0.1, 0.15) is 0 Å². The van der Waals surface area contributed by atoms with Crippen molar-refractivity contribution in [3.8, 4) is 0 Å². The number of hydrogen-bond donors (Lipinski definition) is 0. The average Bonchev–Trinajstić information content (AvgIpc) is 2.52. The van der Waals surface area contributed by atoms with Crippen LogP contribution in [0.2, 0.25) is 0 Å². The Morgan fingerprint density at radius 1 is 0.909 bits per heavy atom. The first-order valence-electron chi connectivity index (χ1n) is 5.00. The fraction of sp³-hybridized carbons (Fsp3) is 1.00. The van der Waals surface area contributed by atoms with Crippen molar-refractivity contribution in [3.63, 3.8) is 0 Å². The minimum Gasteiger partial charge on any atom is -0.123 e. The van der Waals surface area contributed by atoms with Crippen molar-refractivity contribution in [2.45, 2.75) is 37.5 Å². The first kappa shape index (κ1) is 6.77. The van der Waals surface area contributed by atoms with Crippen molar-refractivity contribution in [2.75, 3.05) is 0 Å². The van der Waals surface area contributed by atoms with Crippen LogP contribution in [0.1, 0.15) is 32.1 Å². The molecule has 5 atom stereocenters. The summed E-state index contributed by atoms with van der Waals surface area (Å²) < 4.78 is 0. The summed E-state index contributed by atoms with van der Waals surface area (Å²) in [7, 11) is 0. The summed E-state index contributed by atoms with van der Waals surface area (Å²) in [5.74, 6) is 4.12. The molecule has 3 rings (SSSR count). The van der Waals surface area contributed by atoms with E-state index < -0.39 is 0 Å². The lowest BCUT2D eigenvalue weighted by molar-refractivity contribution is 0.263. The minimum atomic E-state index is 0.555. The highest BCUT2D eigenvalue weighted by atomic mass is 35.5. The first-order valence-corrected chi connectivity index (χ1v) is 5.44. The zero-order valence-corrected chi connectivity index (χ0v) is 7.56. The van der Waals surface area contributed by atoms with E-state index in [-0.39, 0.29) is 0 Å². The summed E-state index contributed by atoms with van der Waals surface area (Å²) in [5.41, 5.74) is 0. The lowest BCUT2D eigenvalue weighted by Crippen LogP contribution is -2.24. The molecular formula is C10H15Cl. The Morgan fingerprint density at radius 3 is 2.64 bits per heavy atom. The molecule has 0 saturated heterocycles. The highest BCUT2D eigenvalue weighted by Gasteiger charge is 2.53. The SMILES string of the molecule is Cl[C@H]1C[C@H]2C[C@H]1[C@@H]1CCC[C@@H]21. The van der Waals surface area contributed by atoms with Crippen LogP contribution in [0.5, 0.6) is 0 Å². The predicted molar refractivity (Wildman–Crippen MR) is 46.7 cm³/mol. The summed E-state index contributed by atoms with van der Waals surface area (Å²) in [6.07, 6.45) is 7.33. The van der Waals surface area contributed by atoms with Crippen molar-refractivity contribution in [1.29, 1.82) is 0 Å². The van der Waals surface area contributed by atoms with E-state index in [1.54, 1.807) is 0 Å². The lowest BCUT2D eigenvalue weighted by atomic mass is 9.82. The second-order valence-corrected chi connectivity index (χ2v) is 5.23. The Labute approximate surface area is 73.3 Å². The van der Waals surface area contributed by atoms with Crippen molar-refractivity contribution in [1.82, 2.24) is 0 Å². The number of hydrogen-bond acceptors (Lipinski definition) is 0. The number of rotatable bonds is 0. The van der Waals surface area contributed by atoms with Crippen LogP contribution in [0, 0.1) is 23.7 Å². The Bertz CT molecular complexity index is 178. The molecule has 1 heteroatoms. The second-order valence-electron chi connectivity index (χ2n) is 4.67. The molecule has 2 bridgehead atoms. The van der Waals surface area contributed by atoms with Gasteiger partial charge in [-0.15, -0.1) is 11.6 Å². The van der Waals surface area contributed by atoms with Gasteiger partial charge in [0.05, 0.1) is 0 Å². The molecule has 0 aliphatic heterocycles. The Hall–Kier alpha value is 0.290. The highest BCUT2D eigenvalue weighted by Crippen LogP contribution is 2.59. The molecule has 0 nitrogen and oxygen atoms in total. The molecule has 0 aromatic heterocycles. The molecule has 0 aromatic carbocycles. The third-order valence-corrected chi connectivity index (χ3v) is 4.85. The Kier molecular flexibility index (Phi) is 1.33. The van der Waals surface area contributed by atoms with E-state index >= 15 is 0 Å². The maximum absolute atomic E-state index is 6.28. The van der Waals surface area contributed by atoms with Gasteiger partial charge in [-0.3, -0.25) is 0 Å². The first-order chi connectivity index (χ1) is 5.36. The number of alkyl halides is 1. The van der Waals surface area contributed by atoms with Gasteiger partial charge < -0.3 is 0 Å². The Morgan fingerprint density at radius 2 is 1.73 bits per heavy atom. The van der Waals surface area contributed by atoms with E-state index in [0.717, 1.165) is 23.7 Å². The highest BCUT2D eigenvalue weighted by molar-refractivity contribution is 6.21. The molecule has 0 aromatic rings. The van der Waals surface area contributed by atoms with Crippen molar-refractivity contribution >= 4 is 11.6 Å². The summed E-state index contributed by atoms with van der Waals surface area (Å²) in [6, 6.07) is 0. The van der Waals surface area contributed by atoms with Crippen LogP contribution in [-0.4, -0.2) is 5.38 Å². The van der Waals surface area contributed by atoms with E-state index in [1.807, 2.05) is 0 Å². The van der Waals surface area contributed by atoms with Crippen LogP contribution >= 0.6 is 11.6 Å². The van der Waals surface area contributed by atoms with Crippen LogP contribution in [0.25, 0.3) is 0 Å². The molecule has 3 aliphatic rings. The third-order valence-electron chi connectivity index (χ3n) is 4.35. The maximum Gasteiger partial charge on any atom is 0.0369 e. The molecule has 0 unspecified atom stereocenters. The summed E-state index contributed by atoms with van der Waals surface area (Å²) >= 11 is 6.28. The van der Waals surface area contributed by atoms with Crippen LogP contribution in [0.4, 0.5) is 0 Å². The molecule has 3 saturated carbocycles. The zero-order valence-electron chi connectivity index (χ0n) is 6.80. The van der Waals surface area contributed by atoms with Gasteiger partial charge in [0.25, 0.3) is 0 Å². The van der Waals surface area contributed by atoms with Crippen LogP contribution < -0.4 is 0 Å². The number of halogens is 1. The smallest absolute Gasteiger partial charge is 0.0369 e. The molecule has 62 valence electrons. The average molecular weight is 171 g/mol. The van der Waals surface area contributed by atoms with Gasteiger partial charge in [0.2, 0.25) is 0 Å². The Balaban J connectivity index is 1.90. The van der Waals surface area contributed by atoms with E-state index in [1.165, 1.54) is 32.1 Å². The standard InChI is InChI=1S/C10H15Cl/c11-10-5-6-4-9(10)8-3-1-2-7(6)8/h6-10H,1-5H2/t6-,7+,8-,9+,10+/m1/s1. The van der Waals surface area contributed by atoms with Crippen molar-refractivity contribution < 1.29 is 0 Å². The van der Waals surface area contributed by atoms with Gasteiger partial charge in [0.15, 0.2) is 0 Å². The van der Waals surface area contributed by atoms with Gasteiger partial charge in [0, 0.05) is 5.38 Å². The lowest BCUT2D eigenvalue weighted by Gasteiger charge is -2.27. The fourth-order valence-electron chi connectivity index (χ4n) is 3.98. The quantitative estimate of drug-likeness (QED) is 0.491. The van der Waals surface area contributed by atoms with Crippen LogP contribution in [0.3, 0.4) is 0 Å². The van der Waals surface area contributed by atoms with E-state index in [0.29, 0.717) is 5.38 Å². The van der Waals surface area contributed by atoms with Gasteiger partial charge in [-0.1, -0.05) is 6.42 Å². The topological polar surface area (TPSA) is 0 Å². The van der Waals surface area contributed by atoms with Crippen LogP contribution in [0.15, 0.2) is 0 Å². The molecule has 11 heavy (non-hydrogen) atoms. The van der Waals surface area contributed by atoms with Gasteiger partial charge >= 0.3 is 0 Å². The maximum atomic E-state index is 6.28. The fourth-order valence-corrected chi connectivity index (χ4v) is 4.50. The molecule has 0 radical (unpaired) electrons. The van der Waals surface area contributed by atoms with Crippen molar-refractivity contribution in [3.05, 3.63) is 0 Å². The molecule has 3 fully saturated rings.